The molecule has 0 unspecified atom stereocenters. The fourth-order valence-corrected chi connectivity index (χ4v) is 2.39. The number of hydrogen-bond acceptors (Lipinski definition) is 3. The monoisotopic (exact) mass is 312 g/mol. The van der Waals surface area contributed by atoms with Gasteiger partial charge in [-0.15, -0.1) is 0 Å². The van der Waals surface area contributed by atoms with E-state index in [2.05, 4.69) is 10.2 Å². The van der Waals surface area contributed by atoms with Gasteiger partial charge in [-0.3, -0.25) is 4.79 Å². The van der Waals surface area contributed by atoms with Crippen molar-refractivity contribution < 1.29 is 14.7 Å². The Morgan fingerprint density at radius 3 is 2.22 bits per heavy atom. The summed E-state index contributed by atoms with van der Waals surface area (Å²) in [5.74, 6) is -1.28. The van der Waals surface area contributed by atoms with Crippen LogP contribution in [0.4, 0.5) is 11.4 Å². The SMILES string of the molecule is CCN(CC)c1ccc(C(=O)O)cc1NC(=O)c1ccccc1. The zero-order chi connectivity index (χ0) is 16.8. The van der Waals surface area contributed by atoms with Gasteiger partial charge in [-0.25, -0.2) is 4.79 Å². The summed E-state index contributed by atoms with van der Waals surface area (Å²) >= 11 is 0. The molecule has 0 atom stereocenters. The number of aromatic carboxylic acids is 1. The van der Waals surface area contributed by atoms with Crippen LogP contribution in [0, 0.1) is 0 Å². The molecule has 0 aliphatic carbocycles. The zero-order valence-electron chi connectivity index (χ0n) is 13.2. The van der Waals surface area contributed by atoms with E-state index < -0.39 is 5.97 Å². The van der Waals surface area contributed by atoms with Crippen LogP contribution in [0.15, 0.2) is 48.5 Å². The number of anilines is 2. The number of carbonyl (C=O) groups is 2. The van der Waals surface area contributed by atoms with Crippen molar-refractivity contribution in [3.8, 4) is 0 Å². The molecule has 2 rings (SSSR count). The molecule has 1 amide bonds. The number of carboxylic acid groups (broad SMARTS) is 1. The summed E-state index contributed by atoms with van der Waals surface area (Å²) in [4.78, 5) is 25.6. The third-order valence-electron chi connectivity index (χ3n) is 3.63. The predicted molar refractivity (Wildman–Crippen MR) is 91.4 cm³/mol. The van der Waals surface area contributed by atoms with Crippen molar-refractivity contribution in [3.63, 3.8) is 0 Å². The summed E-state index contributed by atoms with van der Waals surface area (Å²) in [6.45, 7) is 5.54. The first-order valence-electron chi connectivity index (χ1n) is 7.55. The molecular weight excluding hydrogens is 292 g/mol. The molecule has 0 heterocycles. The molecule has 0 aromatic heterocycles. The lowest BCUT2D eigenvalue weighted by Gasteiger charge is -2.24. The molecule has 120 valence electrons. The smallest absolute Gasteiger partial charge is 0.335 e. The fraction of sp³-hybridized carbons (Fsp3) is 0.222. The summed E-state index contributed by atoms with van der Waals surface area (Å²) < 4.78 is 0. The molecule has 2 aromatic rings. The van der Waals surface area contributed by atoms with Crippen molar-refractivity contribution in [1.82, 2.24) is 0 Å². The van der Waals surface area contributed by atoms with Crippen LogP contribution >= 0.6 is 0 Å². The zero-order valence-corrected chi connectivity index (χ0v) is 13.2. The van der Waals surface area contributed by atoms with Crippen molar-refractivity contribution in [2.45, 2.75) is 13.8 Å². The van der Waals surface area contributed by atoms with Gasteiger partial charge in [-0.05, 0) is 44.2 Å². The van der Waals surface area contributed by atoms with E-state index in [0.29, 0.717) is 11.3 Å². The minimum atomic E-state index is -1.02. The Morgan fingerprint density at radius 1 is 1.00 bits per heavy atom. The summed E-state index contributed by atoms with van der Waals surface area (Å²) in [5.41, 5.74) is 1.98. The number of rotatable bonds is 6. The molecule has 0 saturated heterocycles. The molecule has 0 bridgehead atoms. The van der Waals surface area contributed by atoms with Gasteiger partial charge in [-0.1, -0.05) is 18.2 Å². The van der Waals surface area contributed by atoms with Gasteiger partial charge in [0.1, 0.15) is 0 Å². The largest absolute Gasteiger partial charge is 0.478 e. The van der Waals surface area contributed by atoms with Gasteiger partial charge in [0.15, 0.2) is 0 Å². The number of hydrogen-bond donors (Lipinski definition) is 2. The van der Waals surface area contributed by atoms with Crippen LogP contribution in [0.5, 0.6) is 0 Å². The molecule has 2 aromatic carbocycles. The molecule has 0 fully saturated rings. The number of carbonyl (C=O) groups excluding carboxylic acids is 1. The molecular formula is C18H20N2O3. The normalized spacial score (nSPS) is 10.2. The number of amides is 1. The first-order chi connectivity index (χ1) is 11.1. The van der Waals surface area contributed by atoms with Crippen molar-refractivity contribution in [1.29, 1.82) is 0 Å². The van der Waals surface area contributed by atoms with Crippen LogP contribution in [-0.2, 0) is 0 Å². The van der Waals surface area contributed by atoms with E-state index in [0.717, 1.165) is 18.8 Å². The lowest BCUT2D eigenvalue weighted by molar-refractivity contribution is 0.0696. The number of nitrogens with one attached hydrogen (secondary N) is 1. The highest BCUT2D eigenvalue weighted by Crippen LogP contribution is 2.28. The third kappa shape index (κ3) is 3.88. The second kappa shape index (κ2) is 7.45. The summed E-state index contributed by atoms with van der Waals surface area (Å²) in [6, 6.07) is 13.6. The van der Waals surface area contributed by atoms with E-state index in [1.807, 2.05) is 19.9 Å². The molecule has 0 saturated carbocycles. The highest BCUT2D eigenvalue weighted by atomic mass is 16.4. The Bertz CT molecular complexity index is 695. The van der Waals surface area contributed by atoms with Gasteiger partial charge >= 0.3 is 5.97 Å². The van der Waals surface area contributed by atoms with Crippen molar-refractivity contribution in [3.05, 3.63) is 59.7 Å². The van der Waals surface area contributed by atoms with Crippen LogP contribution in [-0.4, -0.2) is 30.1 Å². The Hall–Kier alpha value is -2.82. The van der Waals surface area contributed by atoms with Gasteiger partial charge in [-0.2, -0.15) is 0 Å². The van der Waals surface area contributed by atoms with Crippen molar-refractivity contribution >= 4 is 23.3 Å². The Morgan fingerprint density at radius 2 is 1.65 bits per heavy atom. The maximum absolute atomic E-state index is 12.4. The summed E-state index contributed by atoms with van der Waals surface area (Å²) in [5, 5.41) is 12.0. The van der Waals surface area contributed by atoms with Crippen LogP contribution in [0.1, 0.15) is 34.6 Å². The number of carboxylic acids is 1. The molecule has 23 heavy (non-hydrogen) atoms. The highest BCUT2D eigenvalue weighted by molar-refractivity contribution is 6.06. The Kier molecular flexibility index (Phi) is 5.36. The van der Waals surface area contributed by atoms with Crippen LogP contribution < -0.4 is 10.2 Å². The Labute approximate surface area is 135 Å². The van der Waals surface area contributed by atoms with Crippen molar-refractivity contribution in [2.75, 3.05) is 23.3 Å². The standard InChI is InChI=1S/C18H20N2O3/c1-3-20(4-2)16-11-10-14(18(22)23)12-15(16)19-17(21)13-8-6-5-7-9-13/h5-12H,3-4H2,1-2H3,(H,19,21)(H,22,23). The second-order valence-corrected chi connectivity index (χ2v) is 5.03. The van der Waals surface area contributed by atoms with E-state index >= 15 is 0 Å². The molecule has 5 heteroatoms. The summed E-state index contributed by atoms with van der Waals surface area (Å²) in [7, 11) is 0. The van der Waals surface area contributed by atoms with Crippen molar-refractivity contribution in [2.24, 2.45) is 0 Å². The molecule has 0 spiro atoms. The van der Waals surface area contributed by atoms with Gasteiger partial charge in [0, 0.05) is 18.7 Å². The molecule has 2 N–H and O–H groups in total. The first-order valence-corrected chi connectivity index (χ1v) is 7.55. The second-order valence-electron chi connectivity index (χ2n) is 5.03. The highest BCUT2D eigenvalue weighted by Gasteiger charge is 2.15. The molecule has 0 aliphatic rings. The maximum atomic E-state index is 12.4. The van der Waals surface area contributed by atoms with E-state index in [1.165, 1.54) is 6.07 Å². The quantitative estimate of drug-likeness (QED) is 0.856. The average molecular weight is 312 g/mol. The minimum Gasteiger partial charge on any atom is -0.478 e. The third-order valence-corrected chi connectivity index (χ3v) is 3.63. The van der Waals surface area contributed by atoms with Crippen LogP contribution in [0.3, 0.4) is 0 Å². The topological polar surface area (TPSA) is 69.6 Å². The molecule has 0 radical (unpaired) electrons. The number of benzene rings is 2. The number of nitrogens with zero attached hydrogens (tertiary/aromatic N) is 1. The van der Waals surface area contributed by atoms with Crippen LogP contribution in [0.2, 0.25) is 0 Å². The van der Waals surface area contributed by atoms with Gasteiger partial charge in [0.05, 0.1) is 16.9 Å². The summed E-state index contributed by atoms with van der Waals surface area (Å²) in [6.07, 6.45) is 0. The fourth-order valence-electron chi connectivity index (χ4n) is 2.39. The minimum absolute atomic E-state index is 0.143. The predicted octanol–water partition coefficient (Wildman–Crippen LogP) is 3.48. The van der Waals surface area contributed by atoms with Gasteiger partial charge in [0.25, 0.3) is 5.91 Å². The van der Waals surface area contributed by atoms with E-state index in [1.54, 1.807) is 36.4 Å². The average Bonchev–Trinajstić information content (AvgIpc) is 2.57. The molecule has 5 nitrogen and oxygen atoms in total. The molecule has 0 aliphatic heterocycles. The lowest BCUT2D eigenvalue weighted by atomic mass is 10.1. The van der Waals surface area contributed by atoms with E-state index in [4.69, 9.17) is 0 Å². The Balaban J connectivity index is 2.39. The van der Waals surface area contributed by atoms with E-state index in [9.17, 15) is 14.7 Å². The maximum Gasteiger partial charge on any atom is 0.335 e. The van der Waals surface area contributed by atoms with Crippen LogP contribution in [0.25, 0.3) is 0 Å². The van der Waals surface area contributed by atoms with Gasteiger partial charge in [0.2, 0.25) is 0 Å². The first kappa shape index (κ1) is 16.5. The van der Waals surface area contributed by atoms with Gasteiger partial charge < -0.3 is 15.3 Å². The lowest BCUT2D eigenvalue weighted by Crippen LogP contribution is -2.24. The van der Waals surface area contributed by atoms with E-state index in [-0.39, 0.29) is 11.5 Å².